The largest absolute Gasteiger partial charge is 0.466 e. The van der Waals surface area contributed by atoms with Crippen LogP contribution < -0.4 is 0 Å². The first-order valence-corrected chi connectivity index (χ1v) is 36.6. The highest BCUT2D eigenvalue weighted by Gasteiger charge is 2.56. The van der Waals surface area contributed by atoms with Crippen LogP contribution in [0, 0.1) is 11.8 Å². The van der Waals surface area contributed by atoms with E-state index in [9.17, 15) is 24.3 Å². The number of carbonyl (C=O) groups excluding carboxylic acids is 4. The zero-order valence-electron chi connectivity index (χ0n) is 54.5. The van der Waals surface area contributed by atoms with Gasteiger partial charge in [-0.25, -0.2) is 4.79 Å². The van der Waals surface area contributed by atoms with Gasteiger partial charge in [0.15, 0.2) is 17.3 Å². The second kappa shape index (κ2) is 59.8. The van der Waals surface area contributed by atoms with Gasteiger partial charge in [0, 0.05) is 5.92 Å². The van der Waals surface area contributed by atoms with Gasteiger partial charge in [0.25, 0.3) is 0 Å². The van der Waals surface area contributed by atoms with Crippen molar-refractivity contribution in [2.24, 2.45) is 11.8 Å². The Morgan fingerprint density at radius 2 is 0.568 bits per heavy atom. The van der Waals surface area contributed by atoms with Gasteiger partial charge in [0.1, 0.15) is 0 Å². The monoisotopic (exact) mass is 1140 g/mol. The van der Waals surface area contributed by atoms with Gasteiger partial charge in [-0.3, -0.25) is 14.4 Å². The van der Waals surface area contributed by atoms with Gasteiger partial charge in [-0.05, 0) is 32.1 Å². The summed E-state index contributed by atoms with van der Waals surface area (Å²) in [5.74, 6) is -5.68. The normalized spacial score (nSPS) is 14.0. The molecule has 81 heavy (non-hydrogen) atoms. The predicted octanol–water partition coefficient (Wildman–Crippen LogP) is 22.6. The van der Waals surface area contributed by atoms with Crippen molar-refractivity contribution in [2.45, 2.75) is 412 Å². The Kier molecular flexibility index (Phi) is 56.8. The van der Waals surface area contributed by atoms with Gasteiger partial charge in [0.2, 0.25) is 0 Å². The Balaban J connectivity index is 2.65. The molecule has 0 amide bonds. The fourth-order valence-corrected chi connectivity index (χ4v) is 12.5. The third-order valence-corrected chi connectivity index (χ3v) is 18.0. The van der Waals surface area contributed by atoms with E-state index < -0.39 is 47.5 Å². The predicted molar refractivity (Wildman–Crippen MR) is 344 cm³/mol. The van der Waals surface area contributed by atoms with E-state index in [1.54, 1.807) is 0 Å². The van der Waals surface area contributed by atoms with Crippen molar-refractivity contribution in [3.63, 3.8) is 0 Å². The van der Waals surface area contributed by atoms with E-state index in [0.717, 1.165) is 77.0 Å². The zero-order valence-corrected chi connectivity index (χ0v) is 54.5. The van der Waals surface area contributed by atoms with Crippen LogP contribution in [-0.2, 0) is 33.4 Å². The van der Waals surface area contributed by atoms with Crippen LogP contribution in [0.1, 0.15) is 406 Å². The molecular weight excluding hydrogens is 1000 g/mol. The van der Waals surface area contributed by atoms with Crippen molar-refractivity contribution in [1.82, 2.24) is 0 Å². The summed E-state index contributed by atoms with van der Waals surface area (Å²) in [6, 6.07) is 0. The van der Waals surface area contributed by atoms with Crippen LogP contribution in [0.3, 0.4) is 0 Å². The van der Waals surface area contributed by atoms with Crippen LogP contribution >= 0.6 is 0 Å². The summed E-state index contributed by atoms with van der Waals surface area (Å²) < 4.78 is 17.2. The molecule has 478 valence electrons. The van der Waals surface area contributed by atoms with Crippen molar-refractivity contribution in [2.75, 3.05) is 19.8 Å². The van der Waals surface area contributed by atoms with E-state index in [2.05, 4.69) is 20.8 Å². The Morgan fingerprint density at radius 3 is 0.840 bits per heavy atom. The molecule has 1 fully saturated rings. The number of ketones is 1. The first-order valence-electron chi connectivity index (χ1n) is 36.6. The average Bonchev–Trinajstić information content (AvgIpc) is 3.60. The minimum Gasteiger partial charge on any atom is -0.466 e. The highest BCUT2D eigenvalue weighted by molar-refractivity contribution is 6.07. The summed E-state index contributed by atoms with van der Waals surface area (Å²) in [4.78, 5) is 56.4. The molecule has 0 aliphatic heterocycles. The summed E-state index contributed by atoms with van der Waals surface area (Å²) in [5.41, 5.74) is -2.71. The van der Waals surface area contributed by atoms with Gasteiger partial charge in [0.05, 0.1) is 26.2 Å². The summed E-state index contributed by atoms with van der Waals surface area (Å²) in [7, 11) is 0. The molecule has 8 heteroatoms. The first-order chi connectivity index (χ1) is 39.8. The molecule has 1 aliphatic carbocycles. The highest BCUT2D eigenvalue weighted by atomic mass is 16.6. The number of esters is 3. The standard InChI is InChI=1S/C73H138O8/c1-4-7-10-13-16-19-22-25-28-31-34-37-40-43-46-49-52-58-63-79-68(74)66-73(78,72(77)81-65-60-54-51-48-45-42-39-36-33-30-27-24-21-18-15-12-9-6-3)69(70(75)67-61-56-55-57-62-67)71(76)80-64-59-53-50-47-44-41-38-35-32-29-26-23-20-17-14-11-8-5-2/h67,69,78H,4-66H2,1-3H3. The van der Waals surface area contributed by atoms with E-state index in [0.29, 0.717) is 32.1 Å². The minimum atomic E-state index is -2.71. The van der Waals surface area contributed by atoms with E-state index in [1.807, 2.05) is 0 Å². The van der Waals surface area contributed by atoms with Crippen molar-refractivity contribution in [1.29, 1.82) is 0 Å². The van der Waals surface area contributed by atoms with Gasteiger partial charge in [-0.1, -0.05) is 367 Å². The lowest BCUT2D eigenvalue weighted by molar-refractivity contribution is -0.189. The van der Waals surface area contributed by atoms with Crippen LogP contribution in [-0.4, -0.2) is 54.2 Å². The van der Waals surface area contributed by atoms with E-state index in [4.69, 9.17) is 14.2 Å². The third-order valence-electron chi connectivity index (χ3n) is 18.0. The fourth-order valence-electron chi connectivity index (χ4n) is 12.5. The van der Waals surface area contributed by atoms with Gasteiger partial charge in [-0.15, -0.1) is 0 Å². The molecule has 2 unspecified atom stereocenters. The molecule has 0 spiro atoms. The number of aliphatic hydroxyl groups is 1. The Morgan fingerprint density at radius 1 is 0.333 bits per heavy atom. The van der Waals surface area contributed by atoms with Crippen molar-refractivity contribution in [3.05, 3.63) is 0 Å². The SMILES string of the molecule is CCCCCCCCCCCCCCCCCCCCOC(=O)CC(O)(C(=O)OCCCCCCCCCCCCCCCCCCCC)C(C(=O)OCCCCCCCCCCCCCCCCCCCC)C(=O)C1CCCCC1. The topological polar surface area (TPSA) is 116 Å². The van der Waals surface area contributed by atoms with Crippen LogP contribution in [0.25, 0.3) is 0 Å². The lowest BCUT2D eigenvalue weighted by Gasteiger charge is -2.34. The van der Waals surface area contributed by atoms with E-state index in [-0.39, 0.29) is 19.8 Å². The Hall–Kier alpha value is -1.96. The molecule has 0 bridgehead atoms. The van der Waals surface area contributed by atoms with E-state index >= 15 is 0 Å². The average molecular weight is 1140 g/mol. The molecule has 0 radical (unpaired) electrons. The molecule has 1 saturated carbocycles. The van der Waals surface area contributed by atoms with Crippen LogP contribution in [0.15, 0.2) is 0 Å². The van der Waals surface area contributed by atoms with Gasteiger partial charge >= 0.3 is 17.9 Å². The number of unbranched alkanes of at least 4 members (excludes halogenated alkanes) is 51. The number of hydrogen-bond acceptors (Lipinski definition) is 8. The second-order valence-corrected chi connectivity index (χ2v) is 25.8. The number of Topliss-reactive ketones (excluding diaryl/α,β-unsaturated/α-hetero) is 1. The van der Waals surface area contributed by atoms with E-state index in [1.165, 1.54) is 270 Å². The molecular formula is C73H138O8. The highest BCUT2D eigenvalue weighted by Crippen LogP contribution is 2.35. The Bertz CT molecular complexity index is 1380. The molecule has 1 aliphatic rings. The molecule has 0 heterocycles. The number of rotatable bonds is 64. The molecule has 0 aromatic rings. The summed E-state index contributed by atoms with van der Waals surface area (Å²) in [5, 5.41) is 12.5. The lowest BCUT2D eigenvalue weighted by atomic mass is 9.74. The van der Waals surface area contributed by atoms with Crippen molar-refractivity contribution >= 4 is 23.7 Å². The number of hydrogen-bond donors (Lipinski definition) is 1. The fraction of sp³-hybridized carbons (Fsp3) is 0.945. The molecule has 0 aromatic carbocycles. The van der Waals surface area contributed by atoms with Gasteiger partial charge in [-0.2, -0.15) is 0 Å². The van der Waals surface area contributed by atoms with Crippen LogP contribution in [0.4, 0.5) is 0 Å². The van der Waals surface area contributed by atoms with Crippen LogP contribution in [0.5, 0.6) is 0 Å². The number of carbonyl (C=O) groups is 4. The zero-order chi connectivity index (χ0) is 58.6. The molecule has 0 saturated heterocycles. The maximum Gasteiger partial charge on any atom is 0.340 e. The van der Waals surface area contributed by atoms with Crippen molar-refractivity contribution in [3.8, 4) is 0 Å². The maximum absolute atomic E-state index is 14.4. The van der Waals surface area contributed by atoms with Crippen LogP contribution in [0.2, 0.25) is 0 Å². The molecule has 2 atom stereocenters. The molecule has 8 nitrogen and oxygen atoms in total. The smallest absolute Gasteiger partial charge is 0.340 e. The number of ether oxygens (including phenoxy) is 3. The second-order valence-electron chi connectivity index (χ2n) is 25.8. The summed E-state index contributed by atoms with van der Waals surface area (Å²) in [6.45, 7) is 7.14. The Labute approximate surface area is 503 Å². The molecule has 1 N–H and O–H groups in total. The minimum absolute atomic E-state index is 0.0485. The maximum atomic E-state index is 14.4. The van der Waals surface area contributed by atoms with Crippen molar-refractivity contribution < 1.29 is 38.5 Å². The molecule has 0 aromatic heterocycles. The quantitative estimate of drug-likeness (QED) is 0.0277. The summed E-state index contributed by atoms with van der Waals surface area (Å²) in [6.07, 6.45) is 70.8. The third kappa shape index (κ3) is 46.9. The molecule has 1 rings (SSSR count). The lowest BCUT2D eigenvalue weighted by Crippen LogP contribution is -2.56. The van der Waals surface area contributed by atoms with Gasteiger partial charge < -0.3 is 19.3 Å². The summed E-state index contributed by atoms with van der Waals surface area (Å²) >= 11 is 0. The first kappa shape index (κ1) is 77.1.